The highest BCUT2D eigenvalue weighted by Crippen LogP contribution is 2.22. The van der Waals surface area contributed by atoms with Crippen LogP contribution in [0.4, 0.5) is 4.79 Å². The highest BCUT2D eigenvalue weighted by molar-refractivity contribution is 6.42. The highest BCUT2D eigenvalue weighted by Gasteiger charge is 2.15. The third kappa shape index (κ3) is 4.12. The third-order valence-electron chi connectivity index (χ3n) is 3.24. The predicted octanol–water partition coefficient (Wildman–Crippen LogP) is 3.37. The van der Waals surface area contributed by atoms with Crippen LogP contribution in [0.1, 0.15) is 18.4 Å². The van der Waals surface area contributed by atoms with E-state index in [4.69, 9.17) is 23.2 Å². The molecule has 1 saturated heterocycles. The second kappa shape index (κ2) is 6.95. The van der Waals surface area contributed by atoms with Crippen LogP contribution in [0.15, 0.2) is 23.2 Å². The molecule has 6 heteroatoms. The normalized spacial score (nSPS) is 16.8. The Morgan fingerprint density at radius 1 is 1.40 bits per heavy atom. The molecule has 0 atom stereocenters. The van der Waals surface area contributed by atoms with E-state index in [0.29, 0.717) is 23.0 Å². The van der Waals surface area contributed by atoms with Crippen molar-refractivity contribution in [1.82, 2.24) is 10.2 Å². The number of carbonyl (C=O) groups is 1. The third-order valence-corrected chi connectivity index (χ3v) is 3.98. The molecule has 1 aliphatic heterocycles. The van der Waals surface area contributed by atoms with Crippen molar-refractivity contribution in [2.24, 2.45) is 4.99 Å². The molecular weight excluding hydrogens is 297 g/mol. The summed E-state index contributed by atoms with van der Waals surface area (Å²) in [7, 11) is 1.95. The standard InChI is InChI=1S/C14H17Cl2N3O/c1-19-8-2-3-13(19)18-14(20)17-7-6-10-4-5-11(15)12(16)9-10/h4-5,9H,2-3,6-8H2,1H3,(H,17,20). The van der Waals surface area contributed by atoms with E-state index in [1.165, 1.54) is 0 Å². The fourth-order valence-electron chi connectivity index (χ4n) is 2.10. The van der Waals surface area contributed by atoms with E-state index >= 15 is 0 Å². The van der Waals surface area contributed by atoms with E-state index in [-0.39, 0.29) is 6.03 Å². The second-order valence-corrected chi connectivity index (χ2v) is 5.60. The average Bonchev–Trinajstić information content (AvgIpc) is 2.79. The molecule has 108 valence electrons. The number of hydrogen-bond donors (Lipinski definition) is 1. The van der Waals surface area contributed by atoms with Crippen LogP contribution in [0.2, 0.25) is 10.0 Å². The molecule has 0 saturated carbocycles. The largest absolute Gasteiger partial charge is 0.363 e. The molecule has 0 spiro atoms. The maximum atomic E-state index is 11.7. The van der Waals surface area contributed by atoms with Gasteiger partial charge in [0, 0.05) is 26.6 Å². The van der Waals surface area contributed by atoms with E-state index in [0.717, 1.165) is 30.8 Å². The molecule has 2 rings (SSSR count). The molecule has 0 unspecified atom stereocenters. The molecule has 0 aliphatic carbocycles. The Kier molecular flexibility index (Phi) is 5.26. The lowest BCUT2D eigenvalue weighted by molar-refractivity contribution is 0.249. The van der Waals surface area contributed by atoms with Crippen LogP contribution in [-0.4, -0.2) is 36.9 Å². The van der Waals surface area contributed by atoms with Gasteiger partial charge >= 0.3 is 6.03 Å². The number of aliphatic imine (C=N–C) groups is 1. The molecule has 1 aromatic rings. The molecule has 1 heterocycles. The van der Waals surface area contributed by atoms with Gasteiger partial charge in [-0.3, -0.25) is 0 Å². The number of halogens is 2. The van der Waals surface area contributed by atoms with Crippen LogP contribution >= 0.6 is 23.2 Å². The number of nitrogens with one attached hydrogen (secondary N) is 1. The first-order valence-electron chi connectivity index (χ1n) is 6.57. The Bertz CT molecular complexity index is 531. The van der Waals surface area contributed by atoms with Crippen LogP contribution in [-0.2, 0) is 6.42 Å². The molecule has 0 aromatic heterocycles. The zero-order valence-corrected chi connectivity index (χ0v) is 12.8. The van der Waals surface area contributed by atoms with Crippen LogP contribution in [0, 0.1) is 0 Å². The van der Waals surface area contributed by atoms with Crippen molar-refractivity contribution in [3.63, 3.8) is 0 Å². The number of rotatable bonds is 3. The van der Waals surface area contributed by atoms with Crippen molar-refractivity contribution in [1.29, 1.82) is 0 Å². The van der Waals surface area contributed by atoms with Gasteiger partial charge in [-0.05, 0) is 30.5 Å². The molecule has 2 amide bonds. The minimum atomic E-state index is -0.284. The number of urea groups is 1. The number of nitrogens with zero attached hydrogens (tertiary/aromatic N) is 2. The number of amides is 2. The summed E-state index contributed by atoms with van der Waals surface area (Å²) in [4.78, 5) is 17.8. The maximum absolute atomic E-state index is 11.7. The first-order valence-corrected chi connectivity index (χ1v) is 7.32. The summed E-state index contributed by atoms with van der Waals surface area (Å²) >= 11 is 11.8. The lowest BCUT2D eigenvalue weighted by Gasteiger charge is -2.10. The van der Waals surface area contributed by atoms with E-state index in [2.05, 4.69) is 10.3 Å². The molecule has 0 bridgehead atoms. The summed E-state index contributed by atoms with van der Waals surface area (Å²) < 4.78 is 0. The van der Waals surface area contributed by atoms with Crippen molar-refractivity contribution in [3.05, 3.63) is 33.8 Å². The SMILES string of the molecule is CN1CCCC1=NC(=O)NCCc1ccc(Cl)c(Cl)c1. The molecule has 1 aromatic carbocycles. The zero-order chi connectivity index (χ0) is 14.5. The lowest BCUT2D eigenvalue weighted by Crippen LogP contribution is -2.26. The van der Waals surface area contributed by atoms with Crippen molar-refractivity contribution in [2.75, 3.05) is 20.1 Å². The van der Waals surface area contributed by atoms with Gasteiger partial charge in [0.15, 0.2) is 0 Å². The van der Waals surface area contributed by atoms with Gasteiger partial charge in [-0.2, -0.15) is 4.99 Å². The highest BCUT2D eigenvalue weighted by atomic mass is 35.5. The molecule has 0 radical (unpaired) electrons. The molecule has 4 nitrogen and oxygen atoms in total. The van der Waals surface area contributed by atoms with Gasteiger partial charge < -0.3 is 10.2 Å². The van der Waals surface area contributed by atoms with E-state index in [1.807, 2.05) is 24.1 Å². The molecule has 1 fully saturated rings. The summed E-state index contributed by atoms with van der Waals surface area (Å²) in [6.07, 6.45) is 2.63. The molecular formula is C14H17Cl2N3O. The maximum Gasteiger partial charge on any atom is 0.342 e. The van der Waals surface area contributed by atoms with Crippen LogP contribution in [0.3, 0.4) is 0 Å². The summed E-state index contributed by atoms with van der Waals surface area (Å²) in [5.74, 6) is 0.858. The number of hydrogen-bond acceptors (Lipinski definition) is 1. The summed E-state index contributed by atoms with van der Waals surface area (Å²) in [6.45, 7) is 1.49. The summed E-state index contributed by atoms with van der Waals surface area (Å²) in [6, 6.07) is 5.19. The van der Waals surface area contributed by atoms with Crippen LogP contribution in [0.5, 0.6) is 0 Å². The Balaban J connectivity index is 1.80. The number of benzene rings is 1. The van der Waals surface area contributed by atoms with Gasteiger partial charge in [-0.25, -0.2) is 4.79 Å². The first-order chi connectivity index (χ1) is 9.56. The number of amidine groups is 1. The van der Waals surface area contributed by atoms with Gasteiger partial charge in [0.1, 0.15) is 5.84 Å². The summed E-state index contributed by atoms with van der Waals surface area (Å²) in [5, 5.41) is 3.85. The quantitative estimate of drug-likeness (QED) is 0.929. The minimum Gasteiger partial charge on any atom is -0.363 e. The fourth-order valence-corrected chi connectivity index (χ4v) is 2.42. The van der Waals surface area contributed by atoms with Crippen molar-refractivity contribution < 1.29 is 4.79 Å². The lowest BCUT2D eigenvalue weighted by atomic mass is 10.1. The average molecular weight is 314 g/mol. The Labute approximate surface area is 128 Å². The second-order valence-electron chi connectivity index (χ2n) is 4.78. The number of carbonyl (C=O) groups excluding carboxylic acids is 1. The molecule has 1 N–H and O–H groups in total. The van der Waals surface area contributed by atoms with E-state index in [1.54, 1.807) is 6.07 Å². The van der Waals surface area contributed by atoms with Crippen LogP contribution in [0.25, 0.3) is 0 Å². The smallest absolute Gasteiger partial charge is 0.342 e. The molecule has 1 aliphatic rings. The van der Waals surface area contributed by atoms with Crippen LogP contribution < -0.4 is 5.32 Å². The van der Waals surface area contributed by atoms with Gasteiger partial charge in [-0.15, -0.1) is 0 Å². The van der Waals surface area contributed by atoms with Gasteiger partial charge in [0.05, 0.1) is 10.0 Å². The monoisotopic (exact) mass is 313 g/mol. The zero-order valence-electron chi connectivity index (χ0n) is 11.3. The van der Waals surface area contributed by atoms with Crippen molar-refractivity contribution in [2.45, 2.75) is 19.3 Å². The Hall–Kier alpha value is -1.26. The van der Waals surface area contributed by atoms with E-state index < -0.39 is 0 Å². The molecule has 20 heavy (non-hydrogen) atoms. The Morgan fingerprint density at radius 2 is 2.20 bits per heavy atom. The summed E-state index contributed by atoms with van der Waals surface area (Å²) in [5.41, 5.74) is 1.03. The van der Waals surface area contributed by atoms with Gasteiger partial charge in [0.25, 0.3) is 0 Å². The Morgan fingerprint density at radius 3 is 2.85 bits per heavy atom. The topological polar surface area (TPSA) is 44.7 Å². The fraction of sp³-hybridized carbons (Fsp3) is 0.429. The van der Waals surface area contributed by atoms with Crippen molar-refractivity contribution in [3.8, 4) is 0 Å². The number of likely N-dealkylation sites (tertiary alicyclic amines) is 1. The van der Waals surface area contributed by atoms with E-state index in [9.17, 15) is 4.79 Å². The van der Waals surface area contributed by atoms with Gasteiger partial charge in [-0.1, -0.05) is 29.3 Å². The predicted molar refractivity (Wildman–Crippen MR) is 82.9 cm³/mol. The van der Waals surface area contributed by atoms with Crippen molar-refractivity contribution >= 4 is 35.1 Å². The minimum absolute atomic E-state index is 0.284. The first kappa shape index (κ1) is 15.1. The van der Waals surface area contributed by atoms with Gasteiger partial charge in [0.2, 0.25) is 0 Å².